The van der Waals surface area contributed by atoms with Gasteiger partial charge >= 0.3 is 12.0 Å². The van der Waals surface area contributed by atoms with Crippen LogP contribution in [0.4, 0.5) is 4.79 Å². The van der Waals surface area contributed by atoms with Gasteiger partial charge in [0, 0.05) is 31.6 Å². The van der Waals surface area contributed by atoms with E-state index in [1.54, 1.807) is 17.4 Å². The monoisotopic (exact) mass is 280 g/mol. The predicted octanol–water partition coefficient (Wildman–Crippen LogP) is 2.07. The fourth-order valence-corrected chi connectivity index (χ4v) is 2.50. The number of nitrogens with one attached hydrogen (secondary N) is 1. The molecule has 1 aromatic rings. The lowest BCUT2D eigenvalue weighted by Gasteiger charge is -2.32. The van der Waals surface area contributed by atoms with Gasteiger partial charge in [0.25, 0.3) is 0 Å². The third-order valence-electron chi connectivity index (χ3n) is 3.60. The molecule has 0 aliphatic carbocycles. The lowest BCUT2D eigenvalue weighted by atomic mass is 9.93. The first kappa shape index (κ1) is 14.4. The van der Waals surface area contributed by atoms with Crippen LogP contribution in [0.5, 0.6) is 0 Å². The van der Waals surface area contributed by atoms with Crippen LogP contribution >= 0.6 is 0 Å². The summed E-state index contributed by atoms with van der Waals surface area (Å²) in [5.74, 6) is -0.481. The number of likely N-dealkylation sites (tertiary alicyclic amines) is 1. The summed E-state index contributed by atoms with van der Waals surface area (Å²) in [5, 5.41) is 11.6. The summed E-state index contributed by atoms with van der Waals surface area (Å²) in [6, 6.07) is 1.72. The summed E-state index contributed by atoms with van der Waals surface area (Å²) in [6.45, 7) is 1.83. The van der Waals surface area contributed by atoms with E-state index in [1.807, 2.05) is 6.07 Å². The number of nitrogens with zero attached hydrogens (tertiary/aromatic N) is 1. The molecule has 0 aromatic carbocycles. The highest BCUT2D eigenvalue weighted by Crippen LogP contribution is 2.21. The maximum atomic E-state index is 12.0. The highest BCUT2D eigenvalue weighted by Gasteiger charge is 2.23. The molecule has 0 spiro atoms. The van der Waals surface area contributed by atoms with Gasteiger partial charge in [-0.15, -0.1) is 0 Å². The second-order valence-electron chi connectivity index (χ2n) is 5.18. The maximum absolute atomic E-state index is 12.0. The van der Waals surface area contributed by atoms with Gasteiger partial charge in [0.15, 0.2) is 0 Å². The van der Waals surface area contributed by atoms with Gasteiger partial charge in [-0.1, -0.05) is 0 Å². The average Bonchev–Trinajstić information content (AvgIpc) is 2.96. The van der Waals surface area contributed by atoms with E-state index in [0.717, 1.165) is 24.9 Å². The van der Waals surface area contributed by atoms with Crippen LogP contribution in [0.3, 0.4) is 0 Å². The second kappa shape index (κ2) is 6.98. The van der Waals surface area contributed by atoms with E-state index in [2.05, 4.69) is 5.32 Å². The number of carboxylic acid groups (broad SMARTS) is 1. The molecule has 2 amide bonds. The molecule has 2 N–H and O–H groups in total. The number of hydrogen-bond donors (Lipinski definition) is 2. The zero-order chi connectivity index (χ0) is 14.4. The van der Waals surface area contributed by atoms with Crippen molar-refractivity contribution in [3.05, 3.63) is 24.2 Å². The van der Waals surface area contributed by atoms with Crippen LogP contribution in [-0.4, -0.2) is 35.1 Å². The first-order valence-corrected chi connectivity index (χ1v) is 6.91. The smallest absolute Gasteiger partial charge is 0.317 e. The van der Waals surface area contributed by atoms with Crippen LogP contribution in [0, 0.1) is 5.92 Å². The maximum Gasteiger partial charge on any atom is 0.317 e. The minimum atomic E-state index is -0.772. The summed E-state index contributed by atoms with van der Waals surface area (Å²) in [6.07, 6.45) is 5.93. The second-order valence-corrected chi connectivity index (χ2v) is 5.18. The van der Waals surface area contributed by atoms with Crippen LogP contribution in [-0.2, 0) is 11.3 Å². The van der Waals surface area contributed by atoms with E-state index in [0.29, 0.717) is 25.4 Å². The van der Waals surface area contributed by atoms with Gasteiger partial charge in [0.05, 0.1) is 12.5 Å². The molecule has 1 aromatic heterocycles. The SMILES string of the molecule is O=C(O)CCC1CCCN(C(=O)NCc2ccoc2)C1. The lowest BCUT2D eigenvalue weighted by molar-refractivity contribution is -0.137. The van der Waals surface area contributed by atoms with Crippen LogP contribution in [0.15, 0.2) is 23.0 Å². The van der Waals surface area contributed by atoms with Crippen molar-refractivity contribution in [2.75, 3.05) is 13.1 Å². The Morgan fingerprint density at radius 1 is 1.50 bits per heavy atom. The Morgan fingerprint density at radius 2 is 2.35 bits per heavy atom. The molecule has 0 saturated carbocycles. The fraction of sp³-hybridized carbons (Fsp3) is 0.571. The Kier molecular flexibility index (Phi) is 5.03. The molecule has 1 unspecified atom stereocenters. The molecule has 2 rings (SSSR count). The minimum Gasteiger partial charge on any atom is -0.481 e. The van der Waals surface area contributed by atoms with Crippen molar-refractivity contribution >= 4 is 12.0 Å². The van der Waals surface area contributed by atoms with Crippen molar-refractivity contribution in [3.63, 3.8) is 0 Å². The quantitative estimate of drug-likeness (QED) is 0.865. The van der Waals surface area contributed by atoms with Gasteiger partial charge in [-0.3, -0.25) is 4.79 Å². The van der Waals surface area contributed by atoms with Crippen molar-refractivity contribution in [3.8, 4) is 0 Å². The molecule has 110 valence electrons. The molecule has 2 heterocycles. The van der Waals surface area contributed by atoms with Gasteiger partial charge in [-0.25, -0.2) is 4.79 Å². The molecule has 1 aliphatic heterocycles. The van der Waals surface area contributed by atoms with Crippen LogP contribution in [0.2, 0.25) is 0 Å². The number of furan rings is 1. The Bertz CT molecular complexity index is 444. The number of rotatable bonds is 5. The van der Waals surface area contributed by atoms with Crippen molar-refractivity contribution in [1.29, 1.82) is 0 Å². The topological polar surface area (TPSA) is 82.8 Å². The van der Waals surface area contributed by atoms with E-state index < -0.39 is 5.97 Å². The van der Waals surface area contributed by atoms with Crippen molar-refractivity contribution in [2.24, 2.45) is 5.92 Å². The van der Waals surface area contributed by atoms with E-state index in [-0.39, 0.29) is 12.5 Å². The van der Waals surface area contributed by atoms with Crippen LogP contribution in [0.1, 0.15) is 31.2 Å². The third kappa shape index (κ3) is 4.29. The summed E-state index contributed by atoms with van der Waals surface area (Å²) in [7, 11) is 0. The van der Waals surface area contributed by atoms with Crippen molar-refractivity contribution in [2.45, 2.75) is 32.2 Å². The highest BCUT2D eigenvalue weighted by atomic mass is 16.4. The van der Waals surface area contributed by atoms with Gasteiger partial charge < -0.3 is 19.7 Å². The molecule has 6 heteroatoms. The first-order chi connectivity index (χ1) is 9.65. The standard InChI is InChI=1S/C14H20N2O4/c17-13(18)4-3-11-2-1-6-16(9-11)14(19)15-8-12-5-7-20-10-12/h5,7,10-11H,1-4,6,8-9H2,(H,15,19)(H,17,18). The average molecular weight is 280 g/mol. The number of amides is 2. The normalized spacial score (nSPS) is 18.8. The summed E-state index contributed by atoms with van der Waals surface area (Å²) < 4.78 is 4.94. The number of urea groups is 1. The molecule has 1 fully saturated rings. The van der Waals surface area contributed by atoms with Gasteiger partial charge in [0.2, 0.25) is 0 Å². The molecule has 0 bridgehead atoms. The number of carbonyl (C=O) groups is 2. The molecular formula is C14H20N2O4. The minimum absolute atomic E-state index is 0.0915. The summed E-state index contributed by atoms with van der Waals surface area (Å²) in [4.78, 5) is 24.4. The van der Waals surface area contributed by atoms with Crippen molar-refractivity contribution in [1.82, 2.24) is 10.2 Å². The van der Waals surface area contributed by atoms with E-state index in [1.165, 1.54) is 0 Å². The number of aliphatic carboxylic acids is 1. The predicted molar refractivity (Wildman–Crippen MR) is 72.1 cm³/mol. The molecule has 6 nitrogen and oxygen atoms in total. The Balaban J connectivity index is 1.76. The third-order valence-corrected chi connectivity index (χ3v) is 3.60. The highest BCUT2D eigenvalue weighted by molar-refractivity contribution is 5.74. The molecule has 1 atom stereocenters. The van der Waals surface area contributed by atoms with Crippen LogP contribution < -0.4 is 5.32 Å². The van der Waals surface area contributed by atoms with E-state index >= 15 is 0 Å². The molecule has 20 heavy (non-hydrogen) atoms. The number of piperidine rings is 1. The fourth-order valence-electron chi connectivity index (χ4n) is 2.50. The molecular weight excluding hydrogens is 260 g/mol. The summed E-state index contributed by atoms with van der Waals surface area (Å²) in [5.41, 5.74) is 0.929. The number of carboxylic acids is 1. The number of carbonyl (C=O) groups excluding carboxylic acids is 1. The first-order valence-electron chi connectivity index (χ1n) is 6.91. The van der Waals surface area contributed by atoms with E-state index in [4.69, 9.17) is 9.52 Å². The van der Waals surface area contributed by atoms with E-state index in [9.17, 15) is 9.59 Å². The van der Waals surface area contributed by atoms with Gasteiger partial charge in [0.1, 0.15) is 0 Å². The molecule has 1 saturated heterocycles. The van der Waals surface area contributed by atoms with Crippen LogP contribution in [0.25, 0.3) is 0 Å². The summed E-state index contributed by atoms with van der Waals surface area (Å²) >= 11 is 0. The number of hydrogen-bond acceptors (Lipinski definition) is 3. The molecule has 1 aliphatic rings. The van der Waals surface area contributed by atoms with Crippen molar-refractivity contribution < 1.29 is 19.1 Å². The Morgan fingerprint density at radius 3 is 3.05 bits per heavy atom. The zero-order valence-electron chi connectivity index (χ0n) is 11.4. The largest absolute Gasteiger partial charge is 0.481 e. The van der Waals surface area contributed by atoms with Gasteiger partial charge in [-0.2, -0.15) is 0 Å². The zero-order valence-corrected chi connectivity index (χ0v) is 11.4. The molecule has 0 radical (unpaired) electrons. The van der Waals surface area contributed by atoms with Gasteiger partial charge in [-0.05, 0) is 31.2 Å². The Labute approximate surface area is 117 Å². The lowest BCUT2D eigenvalue weighted by Crippen LogP contribution is -2.45. The Hall–Kier alpha value is -1.98.